The van der Waals surface area contributed by atoms with E-state index >= 15 is 0 Å². The molecule has 1 aromatic carbocycles. The molecule has 0 spiro atoms. The van der Waals surface area contributed by atoms with Crippen LogP contribution in [0, 0.1) is 0 Å². The summed E-state index contributed by atoms with van der Waals surface area (Å²) in [5.74, 6) is 0. The summed E-state index contributed by atoms with van der Waals surface area (Å²) in [5.41, 5.74) is 4.03. The molecule has 2 aromatic rings. The first kappa shape index (κ1) is 18.9. The average Bonchev–Trinajstić information content (AvgIpc) is 3.05. The molecule has 0 radical (unpaired) electrons. The average molecular weight is 372 g/mol. The number of likely N-dealkylation sites (N-methyl/N-ethyl adjacent to an activating group) is 1. The Morgan fingerprint density at radius 2 is 2.08 bits per heavy atom. The third kappa shape index (κ3) is 4.86. The van der Waals surface area contributed by atoms with Crippen LogP contribution >= 0.6 is 11.3 Å². The van der Waals surface area contributed by atoms with Gasteiger partial charge < -0.3 is 16.0 Å². The third-order valence-corrected chi connectivity index (χ3v) is 6.10. The molecule has 0 aliphatic heterocycles. The molecule has 0 saturated carbocycles. The summed E-state index contributed by atoms with van der Waals surface area (Å²) < 4.78 is 0. The molecule has 5 heteroatoms. The smallest absolute Gasteiger partial charge is 0.315 e. The highest BCUT2D eigenvalue weighted by Gasteiger charge is 2.31. The van der Waals surface area contributed by atoms with Gasteiger partial charge in [0.25, 0.3) is 0 Å². The Hall–Kier alpha value is -1.85. The van der Waals surface area contributed by atoms with Crippen molar-refractivity contribution in [2.24, 2.45) is 0 Å². The molecule has 1 aliphatic rings. The Balaban J connectivity index is 1.55. The van der Waals surface area contributed by atoms with Crippen LogP contribution in [0.1, 0.15) is 36.5 Å². The van der Waals surface area contributed by atoms with Crippen molar-refractivity contribution in [1.82, 2.24) is 16.0 Å². The van der Waals surface area contributed by atoms with Gasteiger partial charge in [-0.05, 0) is 79.6 Å². The number of hydrogen-bond donors (Lipinski definition) is 3. The topological polar surface area (TPSA) is 53.2 Å². The Morgan fingerprint density at radius 1 is 1.27 bits per heavy atom. The van der Waals surface area contributed by atoms with Crippen LogP contribution in [-0.2, 0) is 19.3 Å². The molecule has 2 unspecified atom stereocenters. The Bertz CT molecular complexity index is 716. The summed E-state index contributed by atoms with van der Waals surface area (Å²) >= 11 is 1.69. The summed E-state index contributed by atoms with van der Waals surface area (Å²) in [4.78, 5) is 12.4. The Labute approximate surface area is 160 Å². The van der Waals surface area contributed by atoms with Gasteiger partial charge in [0, 0.05) is 18.1 Å². The molecule has 1 heterocycles. The number of thiophene rings is 1. The number of carbonyl (C=O) groups is 1. The van der Waals surface area contributed by atoms with Crippen LogP contribution in [0.25, 0.3) is 0 Å². The maximum Gasteiger partial charge on any atom is 0.315 e. The van der Waals surface area contributed by atoms with Gasteiger partial charge in [0.15, 0.2) is 0 Å². The number of benzene rings is 1. The highest BCUT2D eigenvalue weighted by Crippen LogP contribution is 2.27. The van der Waals surface area contributed by atoms with E-state index in [4.69, 9.17) is 0 Å². The monoisotopic (exact) mass is 371 g/mol. The van der Waals surface area contributed by atoms with Crippen molar-refractivity contribution in [3.8, 4) is 0 Å². The van der Waals surface area contributed by atoms with Crippen LogP contribution in [0.15, 0.2) is 41.1 Å². The van der Waals surface area contributed by atoms with Gasteiger partial charge in [0.1, 0.15) is 0 Å². The molecule has 1 aliphatic carbocycles. The minimum absolute atomic E-state index is 0.0828. The molecule has 4 nitrogen and oxygen atoms in total. The van der Waals surface area contributed by atoms with Gasteiger partial charge in [0.05, 0.1) is 0 Å². The van der Waals surface area contributed by atoms with E-state index in [1.165, 1.54) is 16.7 Å². The molecule has 140 valence electrons. The number of rotatable bonds is 6. The summed E-state index contributed by atoms with van der Waals surface area (Å²) in [5, 5.41) is 13.9. The number of carbonyl (C=O) groups excluding carboxylic acids is 1. The van der Waals surface area contributed by atoms with Crippen molar-refractivity contribution in [2.75, 3.05) is 13.6 Å². The van der Waals surface area contributed by atoms with Gasteiger partial charge in [-0.15, -0.1) is 0 Å². The number of amides is 2. The zero-order valence-electron chi connectivity index (χ0n) is 15.7. The number of aryl methyl sites for hydroxylation is 1. The van der Waals surface area contributed by atoms with E-state index in [-0.39, 0.29) is 17.6 Å². The van der Waals surface area contributed by atoms with E-state index in [0.717, 1.165) is 32.1 Å². The zero-order chi connectivity index (χ0) is 18.4. The van der Waals surface area contributed by atoms with Gasteiger partial charge in [-0.2, -0.15) is 11.3 Å². The number of fused-ring (bicyclic) bond motifs is 1. The van der Waals surface area contributed by atoms with Crippen LogP contribution in [0.3, 0.4) is 0 Å². The van der Waals surface area contributed by atoms with Crippen LogP contribution < -0.4 is 16.0 Å². The molecule has 3 N–H and O–H groups in total. The summed E-state index contributed by atoms with van der Waals surface area (Å²) in [6.07, 6.45) is 5.12. The molecule has 3 rings (SSSR count). The van der Waals surface area contributed by atoms with E-state index in [1.807, 2.05) is 14.0 Å². The SMILES string of the molecule is CNC1(CNC(=O)NC(C)Cc2ccsc2)CCCc2ccccc2C1. The fourth-order valence-corrected chi connectivity index (χ4v) is 4.52. The van der Waals surface area contributed by atoms with E-state index < -0.39 is 0 Å². The zero-order valence-corrected chi connectivity index (χ0v) is 16.5. The fourth-order valence-electron chi connectivity index (χ4n) is 3.83. The highest BCUT2D eigenvalue weighted by atomic mass is 32.1. The predicted molar refractivity (Wildman–Crippen MR) is 109 cm³/mol. The maximum atomic E-state index is 12.4. The quantitative estimate of drug-likeness (QED) is 0.681. The summed E-state index contributed by atoms with van der Waals surface area (Å²) in [6, 6.07) is 10.8. The van der Waals surface area contributed by atoms with Crippen LogP contribution in [0.5, 0.6) is 0 Å². The number of urea groups is 1. The van der Waals surface area contributed by atoms with Crippen LogP contribution in [0.2, 0.25) is 0 Å². The Kier molecular flexibility index (Phi) is 6.33. The standard InChI is InChI=1S/C21H29N3OS/c1-16(12-17-9-11-26-14-17)24-20(25)23-15-21(22-2)10-5-8-18-6-3-4-7-19(18)13-21/h3-4,6-7,9,11,14,16,22H,5,8,10,12-13,15H2,1-2H3,(H2,23,24,25). The van der Waals surface area contributed by atoms with E-state index in [2.05, 4.69) is 57.0 Å². The van der Waals surface area contributed by atoms with Crippen molar-refractivity contribution in [3.05, 3.63) is 57.8 Å². The number of hydrogen-bond acceptors (Lipinski definition) is 3. The van der Waals surface area contributed by atoms with Gasteiger partial charge in [0.2, 0.25) is 0 Å². The van der Waals surface area contributed by atoms with E-state index in [1.54, 1.807) is 11.3 Å². The van der Waals surface area contributed by atoms with Crippen molar-refractivity contribution < 1.29 is 4.79 Å². The molecular weight excluding hydrogens is 342 g/mol. The highest BCUT2D eigenvalue weighted by molar-refractivity contribution is 7.07. The summed E-state index contributed by atoms with van der Waals surface area (Å²) in [6.45, 7) is 2.68. The van der Waals surface area contributed by atoms with Crippen molar-refractivity contribution in [3.63, 3.8) is 0 Å². The fraction of sp³-hybridized carbons (Fsp3) is 0.476. The second-order valence-electron chi connectivity index (χ2n) is 7.39. The molecular formula is C21H29N3OS. The van der Waals surface area contributed by atoms with Crippen LogP contribution in [0.4, 0.5) is 4.79 Å². The van der Waals surface area contributed by atoms with Crippen molar-refractivity contribution in [1.29, 1.82) is 0 Å². The van der Waals surface area contributed by atoms with E-state index in [0.29, 0.717) is 6.54 Å². The van der Waals surface area contributed by atoms with Crippen molar-refractivity contribution >= 4 is 17.4 Å². The minimum Gasteiger partial charge on any atom is -0.336 e. The third-order valence-electron chi connectivity index (χ3n) is 5.37. The molecule has 1 aromatic heterocycles. The molecule has 2 amide bonds. The summed E-state index contributed by atoms with van der Waals surface area (Å²) in [7, 11) is 2.01. The van der Waals surface area contributed by atoms with Crippen LogP contribution in [-0.4, -0.2) is 31.2 Å². The second-order valence-corrected chi connectivity index (χ2v) is 8.17. The molecule has 0 fully saturated rings. The largest absolute Gasteiger partial charge is 0.336 e. The lowest BCUT2D eigenvalue weighted by atomic mass is 9.88. The lowest BCUT2D eigenvalue weighted by Gasteiger charge is -2.33. The lowest BCUT2D eigenvalue weighted by molar-refractivity contribution is 0.229. The maximum absolute atomic E-state index is 12.4. The minimum atomic E-state index is -0.0834. The molecule has 26 heavy (non-hydrogen) atoms. The Morgan fingerprint density at radius 3 is 2.81 bits per heavy atom. The molecule has 2 atom stereocenters. The van der Waals surface area contributed by atoms with E-state index in [9.17, 15) is 4.79 Å². The lowest BCUT2D eigenvalue weighted by Crippen LogP contribution is -2.55. The van der Waals surface area contributed by atoms with Gasteiger partial charge in [-0.1, -0.05) is 24.3 Å². The van der Waals surface area contributed by atoms with Gasteiger partial charge in [-0.3, -0.25) is 0 Å². The normalized spacial score (nSPS) is 20.7. The van der Waals surface area contributed by atoms with Gasteiger partial charge >= 0.3 is 6.03 Å². The second kappa shape index (κ2) is 8.69. The van der Waals surface area contributed by atoms with Gasteiger partial charge in [-0.25, -0.2) is 4.79 Å². The predicted octanol–water partition coefficient (Wildman–Crippen LogP) is 3.52. The first-order chi connectivity index (χ1) is 12.6. The number of nitrogens with one attached hydrogen (secondary N) is 3. The first-order valence-electron chi connectivity index (χ1n) is 9.41. The molecule has 0 bridgehead atoms. The van der Waals surface area contributed by atoms with Crippen molar-refractivity contribution in [2.45, 2.75) is 50.6 Å². The first-order valence-corrected chi connectivity index (χ1v) is 10.4. The molecule has 0 saturated heterocycles.